The fraction of sp³-hybridized carbons (Fsp3) is 0.0870. The Hall–Kier alpha value is -3.91. The van der Waals surface area contributed by atoms with Gasteiger partial charge in [-0.25, -0.2) is 9.99 Å². The van der Waals surface area contributed by atoms with Gasteiger partial charge in [-0.1, -0.05) is 24.3 Å². The molecular formula is C23H17N5O2S. The van der Waals surface area contributed by atoms with Gasteiger partial charge in [0.25, 0.3) is 5.91 Å². The van der Waals surface area contributed by atoms with Gasteiger partial charge in [-0.15, -0.1) is 11.3 Å². The normalized spacial score (nSPS) is 15.7. The van der Waals surface area contributed by atoms with Gasteiger partial charge in [0.2, 0.25) is 0 Å². The van der Waals surface area contributed by atoms with E-state index in [2.05, 4.69) is 20.1 Å². The smallest absolute Gasteiger partial charge is 0.286 e. The van der Waals surface area contributed by atoms with Crippen LogP contribution < -0.4 is 0 Å². The van der Waals surface area contributed by atoms with Crippen LogP contribution >= 0.6 is 11.3 Å². The SMILES string of the molecule is O=C(c1cnc(-c2ccncc2)s1)N1N=C(c2cccnc2)CC1c1ccccc1O. The number of hydrazone groups is 1. The number of aromatic hydroxyl groups is 1. The van der Waals surface area contributed by atoms with Crippen LogP contribution in [0.4, 0.5) is 0 Å². The molecule has 1 N–H and O–H groups in total. The largest absolute Gasteiger partial charge is 0.508 e. The van der Waals surface area contributed by atoms with E-state index < -0.39 is 6.04 Å². The van der Waals surface area contributed by atoms with Crippen molar-refractivity contribution in [2.75, 3.05) is 0 Å². The molecule has 0 saturated heterocycles. The number of carbonyl (C=O) groups excluding carboxylic acids is 1. The minimum Gasteiger partial charge on any atom is -0.508 e. The molecule has 1 aliphatic heterocycles. The van der Waals surface area contributed by atoms with Crippen LogP contribution in [0.5, 0.6) is 5.75 Å². The van der Waals surface area contributed by atoms with E-state index >= 15 is 0 Å². The van der Waals surface area contributed by atoms with Crippen LogP contribution in [0.3, 0.4) is 0 Å². The molecule has 1 aliphatic rings. The number of para-hydroxylation sites is 1. The lowest BCUT2D eigenvalue weighted by Crippen LogP contribution is -2.26. The molecule has 5 rings (SSSR count). The van der Waals surface area contributed by atoms with Gasteiger partial charge in [0.05, 0.1) is 18.0 Å². The number of hydrogen-bond donors (Lipinski definition) is 1. The zero-order valence-corrected chi connectivity index (χ0v) is 17.1. The van der Waals surface area contributed by atoms with E-state index in [4.69, 9.17) is 0 Å². The number of aromatic nitrogens is 3. The first-order valence-electron chi connectivity index (χ1n) is 9.66. The second-order valence-electron chi connectivity index (χ2n) is 6.98. The Morgan fingerprint density at radius 3 is 2.58 bits per heavy atom. The number of benzene rings is 1. The summed E-state index contributed by atoms with van der Waals surface area (Å²) < 4.78 is 0. The number of amides is 1. The Morgan fingerprint density at radius 2 is 1.81 bits per heavy atom. The van der Waals surface area contributed by atoms with Gasteiger partial charge in [0.15, 0.2) is 0 Å². The number of pyridine rings is 2. The second-order valence-corrected chi connectivity index (χ2v) is 8.01. The molecule has 8 heteroatoms. The number of hydrogen-bond acceptors (Lipinski definition) is 7. The standard InChI is InChI=1S/C23H17N5O2S/c29-20-6-2-1-5-17(20)19-12-18(16-4-3-9-25-13-16)27-28(19)23(30)21-14-26-22(31-21)15-7-10-24-11-8-15/h1-11,13-14,19,29H,12H2. The summed E-state index contributed by atoms with van der Waals surface area (Å²) in [6, 6.07) is 14.1. The molecule has 4 heterocycles. The third-order valence-corrected chi connectivity index (χ3v) is 6.09. The molecule has 152 valence electrons. The maximum Gasteiger partial charge on any atom is 0.286 e. The Bertz CT molecular complexity index is 1260. The molecule has 1 atom stereocenters. The summed E-state index contributed by atoms with van der Waals surface area (Å²) in [5, 5.41) is 17.2. The van der Waals surface area contributed by atoms with E-state index in [1.807, 2.05) is 36.4 Å². The fourth-order valence-corrected chi connectivity index (χ4v) is 4.38. The molecule has 1 aromatic carbocycles. The molecular weight excluding hydrogens is 410 g/mol. The van der Waals surface area contributed by atoms with Crippen LogP contribution in [0, 0.1) is 0 Å². The summed E-state index contributed by atoms with van der Waals surface area (Å²) in [4.78, 5) is 26.5. The van der Waals surface area contributed by atoms with Crippen molar-refractivity contribution in [3.8, 4) is 16.3 Å². The van der Waals surface area contributed by atoms with Gasteiger partial charge in [0, 0.05) is 47.9 Å². The van der Waals surface area contributed by atoms with Crippen molar-refractivity contribution in [3.63, 3.8) is 0 Å². The lowest BCUT2D eigenvalue weighted by atomic mass is 9.98. The summed E-state index contributed by atoms with van der Waals surface area (Å²) >= 11 is 1.31. The topological polar surface area (TPSA) is 91.6 Å². The molecule has 1 unspecified atom stereocenters. The van der Waals surface area contributed by atoms with E-state index in [1.54, 1.807) is 43.1 Å². The molecule has 3 aromatic heterocycles. The van der Waals surface area contributed by atoms with Crippen LogP contribution in [-0.4, -0.2) is 36.7 Å². The molecule has 0 saturated carbocycles. The van der Waals surface area contributed by atoms with Gasteiger partial charge in [0.1, 0.15) is 15.6 Å². The number of carbonyl (C=O) groups is 1. The quantitative estimate of drug-likeness (QED) is 0.524. The van der Waals surface area contributed by atoms with Crippen molar-refractivity contribution in [1.29, 1.82) is 0 Å². The summed E-state index contributed by atoms with van der Waals surface area (Å²) in [5.41, 5.74) is 3.14. The first-order chi connectivity index (χ1) is 15.2. The molecule has 1 amide bonds. The maximum absolute atomic E-state index is 13.4. The monoisotopic (exact) mass is 427 g/mol. The average Bonchev–Trinajstić information content (AvgIpc) is 3.48. The molecule has 0 radical (unpaired) electrons. The first-order valence-corrected chi connectivity index (χ1v) is 10.5. The van der Waals surface area contributed by atoms with Gasteiger partial charge in [-0.2, -0.15) is 5.10 Å². The number of nitrogens with zero attached hydrogens (tertiary/aromatic N) is 5. The van der Waals surface area contributed by atoms with Crippen molar-refractivity contribution >= 4 is 23.0 Å². The van der Waals surface area contributed by atoms with Crippen molar-refractivity contribution in [1.82, 2.24) is 20.0 Å². The van der Waals surface area contributed by atoms with E-state index in [-0.39, 0.29) is 11.7 Å². The predicted octanol–water partition coefficient (Wildman–Crippen LogP) is 4.30. The minimum absolute atomic E-state index is 0.134. The number of rotatable bonds is 4. The average molecular weight is 427 g/mol. The van der Waals surface area contributed by atoms with Crippen LogP contribution in [-0.2, 0) is 0 Å². The van der Waals surface area contributed by atoms with E-state index in [9.17, 15) is 9.90 Å². The Labute approximate surface area is 182 Å². The molecule has 0 bridgehead atoms. The highest BCUT2D eigenvalue weighted by atomic mass is 32.1. The molecule has 0 fully saturated rings. The second kappa shape index (κ2) is 8.08. The van der Waals surface area contributed by atoms with E-state index in [0.29, 0.717) is 16.9 Å². The molecule has 0 aliphatic carbocycles. The van der Waals surface area contributed by atoms with Gasteiger partial charge in [-0.05, 0) is 24.3 Å². The highest BCUT2D eigenvalue weighted by Crippen LogP contribution is 2.38. The highest BCUT2D eigenvalue weighted by Gasteiger charge is 2.35. The number of thiazole rings is 1. The fourth-order valence-electron chi connectivity index (χ4n) is 3.53. The van der Waals surface area contributed by atoms with Crippen LogP contribution in [0.2, 0.25) is 0 Å². The summed E-state index contributed by atoms with van der Waals surface area (Å²) in [5.74, 6) is -0.125. The summed E-state index contributed by atoms with van der Waals surface area (Å²) in [6.07, 6.45) is 8.85. The van der Waals surface area contributed by atoms with E-state index in [1.165, 1.54) is 16.3 Å². The van der Waals surface area contributed by atoms with Crippen LogP contribution in [0.25, 0.3) is 10.6 Å². The number of phenols is 1. The Balaban J connectivity index is 1.52. The van der Waals surface area contributed by atoms with Gasteiger partial charge in [-0.3, -0.25) is 14.8 Å². The van der Waals surface area contributed by atoms with E-state index in [0.717, 1.165) is 21.8 Å². The Morgan fingerprint density at radius 1 is 0.968 bits per heavy atom. The summed E-state index contributed by atoms with van der Waals surface area (Å²) in [7, 11) is 0. The number of phenolic OH excluding ortho intramolecular Hbond substituents is 1. The maximum atomic E-state index is 13.4. The predicted molar refractivity (Wildman–Crippen MR) is 118 cm³/mol. The van der Waals surface area contributed by atoms with Crippen molar-refractivity contribution in [3.05, 3.63) is 95.5 Å². The first kappa shape index (κ1) is 19.1. The lowest BCUT2D eigenvalue weighted by molar-refractivity contribution is 0.0714. The van der Waals surface area contributed by atoms with Gasteiger partial charge < -0.3 is 5.11 Å². The van der Waals surface area contributed by atoms with Crippen LogP contribution in [0.1, 0.15) is 33.3 Å². The molecule has 31 heavy (non-hydrogen) atoms. The molecule has 4 aromatic rings. The lowest BCUT2D eigenvalue weighted by Gasteiger charge is -2.22. The minimum atomic E-state index is -0.421. The zero-order chi connectivity index (χ0) is 21.2. The Kier molecular flexibility index (Phi) is 4.97. The van der Waals surface area contributed by atoms with Crippen LogP contribution in [0.15, 0.2) is 84.6 Å². The molecule has 0 spiro atoms. The third-order valence-electron chi connectivity index (χ3n) is 5.05. The zero-order valence-electron chi connectivity index (χ0n) is 16.3. The third kappa shape index (κ3) is 3.69. The summed E-state index contributed by atoms with van der Waals surface area (Å²) in [6.45, 7) is 0. The van der Waals surface area contributed by atoms with Crippen molar-refractivity contribution in [2.24, 2.45) is 5.10 Å². The van der Waals surface area contributed by atoms with Crippen molar-refractivity contribution in [2.45, 2.75) is 12.5 Å². The highest BCUT2D eigenvalue weighted by molar-refractivity contribution is 7.16. The molecule has 7 nitrogen and oxygen atoms in total. The van der Waals surface area contributed by atoms with Gasteiger partial charge >= 0.3 is 0 Å². The van der Waals surface area contributed by atoms with Crippen molar-refractivity contribution < 1.29 is 9.90 Å².